The number of hydrogen-bond donors (Lipinski definition) is 1. The first kappa shape index (κ1) is 10.6. The molecule has 1 heterocycles. The molecule has 5 heteroatoms. The highest BCUT2D eigenvalue weighted by Crippen LogP contribution is 2.13. The van der Waals surface area contributed by atoms with Gasteiger partial charge in [-0.3, -0.25) is 0 Å². The van der Waals surface area contributed by atoms with Crippen LogP contribution in [0.4, 0.5) is 10.1 Å². The van der Waals surface area contributed by atoms with Crippen LogP contribution in [0.25, 0.3) is 0 Å². The first-order valence-corrected chi connectivity index (χ1v) is 4.98. The van der Waals surface area contributed by atoms with E-state index < -0.39 is 0 Å². The molecule has 2 aromatic rings. The molecule has 0 saturated heterocycles. The van der Waals surface area contributed by atoms with E-state index in [2.05, 4.69) is 10.1 Å². The molecule has 0 spiro atoms. The Morgan fingerprint density at radius 1 is 1.38 bits per heavy atom. The summed E-state index contributed by atoms with van der Waals surface area (Å²) in [7, 11) is 0. The molecule has 16 heavy (non-hydrogen) atoms. The molecule has 0 bridgehead atoms. The fourth-order valence-electron chi connectivity index (χ4n) is 1.56. The number of anilines is 1. The Hall–Kier alpha value is -1.91. The van der Waals surface area contributed by atoms with Gasteiger partial charge in [0.1, 0.15) is 17.5 Å². The van der Waals surface area contributed by atoms with Gasteiger partial charge >= 0.3 is 0 Å². The fraction of sp³-hybridized carbons (Fsp3) is 0.273. The zero-order valence-corrected chi connectivity index (χ0v) is 9.24. The monoisotopic (exact) mass is 220 g/mol. The molecule has 1 aromatic carbocycles. The summed E-state index contributed by atoms with van der Waals surface area (Å²) in [5.41, 5.74) is 6.46. The van der Waals surface area contributed by atoms with E-state index in [0.29, 0.717) is 23.6 Å². The third-order valence-corrected chi connectivity index (χ3v) is 2.36. The summed E-state index contributed by atoms with van der Waals surface area (Å²) in [5, 5.41) is 4.18. The Kier molecular flexibility index (Phi) is 2.60. The lowest BCUT2D eigenvalue weighted by molar-refractivity contribution is 0.578. The van der Waals surface area contributed by atoms with Gasteiger partial charge in [-0.25, -0.2) is 14.1 Å². The molecule has 0 unspecified atom stereocenters. The van der Waals surface area contributed by atoms with E-state index in [9.17, 15) is 4.39 Å². The second-order valence-corrected chi connectivity index (χ2v) is 3.71. The third-order valence-electron chi connectivity index (χ3n) is 2.36. The minimum atomic E-state index is -0.312. The predicted octanol–water partition coefficient (Wildman–Crippen LogP) is 1.66. The molecule has 4 nitrogen and oxygen atoms in total. The maximum Gasteiger partial charge on any atom is 0.147 e. The zero-order chi connectivity index (χ0) is 11.7. The molecule has 2 N–H and O–H groups in total. The van der Waals surface area contributed by atoms with Crippen molar-refractivity contribution in [2.24, 2.45) is 0 Å². The molecular formula is C11H13FN4. The van der Waals surface area contributed by atoms with Crippen LogP contribution in [0.5, 0.6) is 0 Å². The first-order chi connectivity index (χ1) is 7.56. The van der Waals surface area contributed by atoms with Gasteiger partial charge in [0.05, 0.1) is 6.54 Å². The summed E-state index contributed by atoms with van der Waals surface area (Å²) in [6, 6.07) is 4.66. The molecule has 0 atom stereocenters. The van der Waals surface area contributed by atoms with Crippen molar-refractivity contribution >= 4 is 5.69 Å². The van der Waals surface area contributed by atoms with Crippen LogP contribution in [0.2, 0.25) is 0 Å². The molecule has 0 aliphatic heterocycles. The van der Waals surface area contributed by atoms with Gasteiger partial charge in [0.25, 0.3) is 0 Å². The summed E-state index contributed by atoms with van der Waals surface area (Å²) in [6.07, 6.45) is 0. The van der Waals surface area contributed by atoms with Gasteiger partial charge in [0, 0.05) is 11.3 Å². The standard InChI is InChI=1S/C11H13FN4/c1-7-14-8(2)16(15-7)6-9-3-4-10(13)5-11(9)12/h3-5H,6,13H2,1-2H3. The van der Waals surface area contributed by atoms with Crippen LogP contribution in [0.3, 0.4) is 0 Å². The maximum absolute atomic E-state index is 13.5. The molecule has 0 amide bonds. The number of hydrogen-bond acceptors (Lipinski definition) is 3. The lowest BCUT2D eigenvalue weighted by atomic mass is 10.2. The number of benzene rings is 1. The minimum absolute atomic E-state index is 0.312. The van der Waals surface area contributed by atoms with Crippen LogP contribution in [-0.2, 0) is 6.54 Å². The van der Waals surface area contributed by atoms with Crippen LogP contribution in [-0.4, -0.2) is 14.8 Å². The number of aryl methyl sites for hydroxylation is 2. The Bertz CT molecular complexity index is 519. The Balaban J connectivity index is 2.30. The zero-order valence-electron chi connectivity index (χ0n) is 9.24. The average molecular weight is 220 g/mol. The molecule has 0 radical (unpaired) electrons. The van der Waals surface area contributed by atoms with E-state index >= 15 is 0 Å². The topological polar surface area (TPSA) is 56.7 Å². The highest BCUT2D eigenvalue weighted by Gasteiger charge is 2.07. The smallest absolute Gasteiger partial charge is 0.147 e. The number of halogens is 1. The number of nitrogens with two attached hydrogens (primary N) is 1. The highest BCUT2D eigenvalue weighted by atomic mass is 19.1. The van der Waals surface area contributed by atoms with Crippen molar-refractivity contribution in [3.8, 4) is 0 Å². The van der Waals surface area contributed by atoms with Gasteiger partial charge < -0.3 is 5.73 Å². The summed E-state index contributed by atoms with van der Waals surface area (Å²) in [5.74, 6) is 1.15. The summed E-state index contributed by atoms with van der Waals surface area (Å²) in [4.78, 5) is 4.16. The van der Waals surface area contributed by atoms with E-state index in [0.717, 1.165) is 5.82 Å². The van der Waals surface area contributed by atoms with Crippen molar-refractivity contribution in [1.82, 2.24) is 14.8 Å². The number of rotatable bonds is 2. The van der Waals surface area contributed by atoms with E-state index in [4.69, 9.17) is 5.73 Å². The van der Waals surface area contributed by atoms with E-state index in [1.54, 1.807) is 16.8 Å². The van der Waals surface area contributed by atoms with Crippen molar-refractivity contribution in [2.45, 2.75) is 20.4 Å². The van der Waals surface area contributed by atoms with Crippen molar-refractivity contribution in [3.63, 3.8) is 0 Å². The molecule has 0 aliphatic carbocycles. The van der Waals surface area contributed by atoms with Gasteiger partial charge in [-0.1, -0.05) is 6.07 Å². The second kappa shape index (κ2) is 3.92. The van der Waals surface area contributed by atoms with Gasteiger partial charge in [-0.05, 0) is 26.0 Å². The fourth-order valence-corrected chi connectivity index (χ4v) is 1.56. The molecule has 0 aliphatic rings. The maximum atomic E-state index is 13.5. The van der Waals surface area contributed by atoms with E-state index in [1.807, 2.05) is 13.8 Å². The predicted molar refractivity (Wildman–Crippen MR) is 59.4 cm³/mol. The molecule has 1 aromatic heterocycles. The van der Waals surface area contributed by atoms with Crippen LogP contribution < -0.4 is 5.73 Å². The Morgan fingerprint density at radius 2 is 2.12 bits per heavy atom. The van der Waals surface area contributed by atoms with Crippen LogP contribution in [0.1, 0.15) is 17.2 Å². The van der Waals surface area contributed by atoms with Crippen LogP contribution in [0.15, 0.2) is 18.2 Å². The molecule has 2 rings (SSSR count). The number of nitrogens with zero attached hydrogens (tertiary/aromatic N) is 3. The average Bonchev–Trinajstić information content (AvgIpc) is 2.50. The van der Waals surface area contributed by atoms with E-state index in [-0.39, 0.29) is 5.82 Å². The van der Waals surface area contributed by atoms with Crippen molar-refractivity contribution in [1.29, 1.82) is 0 Å². The van der Waals surface area contributed by atoms with Gasteiger partial charge in [0.15, 0.2) is 0 Å². The molecule has 0 saturated carbocycles. The quantitative estimate of drug-likeness (QED) is 0.783. The largest absolute Gasteiger partial charge is 0.399 e. The summed E-state index contributed by atoms with van der Waals surface area (Å²) < 4.78 is 15.2. The first-order valence-electron chi connectivity index (χ1n) is 4.98. The summed E-state index contributed by atoms with van der Waals surface area (Å²) >= 11 is 0. The lowest BCUT2D eigenvalue weighted by Crippen LogP contribution is -2.06. The second-order valence-electron chi connectivity index (χ2n) is 3.71. The third kappa shape index (κ3) is 2.03. The van der Waals surface area contributed by atoms with Gasteiger partial charge in [0.2, 0.25) is 0 Å². The van der Waals surface area contributed by atoms with Gasteiger partial charge in [-0.15, -0.1) is 0 Å². The van der Waals surface area contributed by atoms with Crippen LogP contribution >= 0.6 is 0 Å². The Morgan fingerprint density at radius 3 is 2.69 bits per heavy atom. The van der Waals surface area contributed by atoms with Crippen LogP contribution in [0, 0.1) is 19.7 Å². The van der Waals surface area contributed by atoms with Crippen molar-refractivity contribution in [2.75, 3.05) is 5.73 Å². The lowest BCUT2D eigenvalue weighted by Gasteiger charge is -2.05. The molecular weight excluding hydrogens is 207 g/mol. The molecule has 0 fully saturated rings. The van der Waals surface area contributed by atoms with Gasteiger partial charge in [-0.2, -0.15) is 5.10 Å². The van der Waals surface area contributed by atoms with Crippen molar-refractivity contribution < 1.29 is 4.39 Å². The van der Waals surface area contributed by atoms with Crippen molar-refractivity contribution in [3.05, 3.63) is 41.2 Å². The summed E-state index contributed by atoms with van der Waals surface area (Å²) in [6.45, 7) is 4.02. The Labute approximate surface area is 92.9 Å². The highest BCUT2D eigenvalue weighted by molar-refractivity contribution is 5.40. The van der Waals surface area contributed by atoms with E-state index in [1.165, 1.54) is 6.07 Å². The molecule has 84 valence electrons. The number of nitrogen functional groups attached to an aromatic ring is 1. The minimum Gasteiger partial charge on any atom is -0.399 e. The SMILES string of the molecule is Cc1nc(C)n(Cc2ccc(N)cc2F)n1. The number of aromatic nitrogens is 3. The normalized spacial score (nSPS) is 10.7.